The van der Waals surface area contributed by atoms with Gasteiger partial charge in [-0.05, 0) is 0 Å². The average molecular weight is 198 g/mol. The van der Waals surface area contributed by atoms with Gasteiger partial charge in [0.15, 0.2) is 6.23 Å². The van der Waals surface area contributed by atoms with Crippen LogP contribution in [0.4, 0.5) is 0 Å². The van der Waals surface area contributed by atoms with Crippen LogP contribution >= 0.6 is 0 Å². The van der Waals surface area contributed by atoms with E-state index in [0.717, 1.165) is 12.1 Å². The number of nitrogens with one attached hydrogen (secondary N) is 1. The Balaban J connectivity index is 1.82. The number of nitrogens with two attached hydrogens (primary N) is 2. The van der Waals surface area contributed by atoms with Gasteiger partial charge in [-0.3, -0.25) is 10.3 Å². The molecule has 3 heterocycles. The fraction of sp³-hybridized carbons (Fsp3) is 0.875. The molecule has 0 aromatic heterocycles. The highest BCUT2D eigenvalue weighted by molar-refractivity contribution is 5.91. The largest absolute Gasteiger partial charge is 0.343 e. The second-order valence-corrected chi connectivity index (χ2v) is 3.94. The normalized spacial score (nSPS) is 51.3. The van der Waals surface area contributed by atoms with Crippen molar-refractivity contribution in [2.75, 3.05) is 0 Å². The van der Waals surface area contributed by atoms with E-state index in [4.69, 9.17) is 20.9 Å². The molecular formula is C8H14N4O2. The van der Waals surface area contributed by atoms with Gasteiger partial charge in [0.1, 0.15) is 18.7 Å². The van der Waals surface area contributed by atoms with Crippen LogP contribution in [0.2, 0.25) is 0 Å². The van der Waals surface area contributed by atoms with Crippen molar-refractivity contribution in [3.63, 3.8) is 0 Å². The maximum Gasteiger partial charge on any atom is 0.151 e. The molecule has 0 bridgehead atoms. The van der Waals surface area contributed by atoms with Crippen LogP contribution in [0.5, 0.6) is 0 Å². The molecule has 5 atom stereocenters. The molecule has 0 aromatic rings. The van der Waals surface area contributed by atoms with E-state index in [0.29, 0.717) is 6.42 Å². The molecule has 3 aliphatic rings. The van der Waals surface area contributed by atoms with E-state index in [1.807, 2.05) is 0 Å². The Hall–Kier alpha value is -0.530. The Bertz CT molecular complexity index is 283. The highest BCUT2D eigenvalue weighted by Gasteiger charge is 2.42. The van der Waals surface area contributed by atoms with Crippen molar-refractivity contribution in [1.29, 1.82) is 0 Å². The fourth-order valence-electron chi connectivity index (χ4n) is 2.20. The zero-order chi connectivity index (χ0) is 9.71. The molecule has 0 aliphatic carbocycles. The van der Waals surface area contributed by atoms with Crippen LogP contribution in [-0.4, -0.2) is 36.7 Å². The summed E-state index contributed by atoms with van der Waals surface area (Å²) in [6.07, 6.45) is 0.743. The number of hydrogen-bond acceptors (Lipinski definition) is 6. The minimum atomic E-state index is -0.237. The minimum absolute atomic E-state index is 0.107. The molecule has 3 rings (SSSR count). The molecule has 0 spiro atoms. The molecule has 14 heavy (non-hydrogen) atoms. The van der Waals surface area contributed by atoms with E-state index in [9.17, 15) is 0 Å². The molecular weight excluding hydrogens is 184 g/mol. The molecule has 6 heteroatoms. The van der Waals surface area contributed by atoms with Gasteiger partial charge in [0, 0.05) is 12.8 Å². The van der Waals surface area contributed by atoms with Gasteiger partial charge in [-0.25, -0.2) is 0 Å². The Morgan fingerprint density at radius 1 is 1.29 bits per heavy atom. The van der Waals surface area contributed by atoms with Crippen molar-refractivity contribution in [3.8, 4) is 0 Å². The van der Waals surface area contributed by atoms with Crippen molar-refractivity contribution < 1.29 is 9.47 Å². The van der Waals surface area contributed by atoms with E-state index in [1.165, 1.54) is 0 Å². The maximum atomic E-state index is 5.68. The van der Waals surface area contributed by atoms with Crippen molar-refractivity contribution in [3.05, 3.63) is 0 Å². The SMILES string of the molecule is NC1CC2=NC3CC(N)OC3NC2O1. The molecule has 3 aliphatic heterocycles. The second-order valence-electron chi connectivity index (χ2n) is 3.94. The lowest BCUT2D eigenvalue weighted by molar-refractivity contribution is -0.0320. The molecule has 5 N–H and O–H groups in total. The van der Waals surface area contributed by atoms with Gasteiger partial charge < -0.3 is 20.9 Å². The Morgan fingerprint density at radius 2 is 2.14 bits per heavy atom. The van der Waals surface area contributed by atoms with Crippen molar-refractivity contribution in [1.82, 2.24) is 5.32 Å². The topological polar surface area (TPSA) is 94.9 Å². The van der Waals surface area contributed by atoms with E-state index in [-0.39, 0.29) is 31.0 Å². The predicted octanol–water partition coefficient (Wildman–Crippen LogP) is -1.54. The van der Waals surface area contributed by atoms with Crippen molar-refractivity contribution >= 4 is 5.71 Å². The lowest BCUT2D eigenvalue weighted by atomic mass is 10.1. The van der Waals surface area contributed by atoms with Gasteiger partial charge >= 0.3 is 0 Å². The molecule has 0 radical (unpaired) electrons. The van der Waals surface area contributed by atoms with E-state index >= 15 is 0 Å². The molecule has 5 unspecified atom stereocenters. The number of aliphatic imine (C=N–C) groups is 1. The third-order valence-electron chi connectivity index (χ3n) is 2.82. The van der Waals surface area contributed by atoms with Gasteiger partial charge in [0.05, 0.1) is 11.8 Å². The summed E-state index contributed by atoms with van der Waals surface area (Å²) in [4.78, 5) is 4.55. The van der Waals surface area contributed by atoms with Crippen LogP contribution in [-0.2, 0) is 9.47 Å². The van der Waals surface area contributed by atoms with Gasteiger partial charge in [-0.1, -0.05) is 0 Å². The molecule has 0 aromatic carbocycles. The summed E-state index contributed by atoms with van der Waals surface area (Å²) in [7, 11) is 0. The minimum Gasteiger partial charge on any atom is -0.343 e. The first kappa shape index (κ1) is 8.75. The van der Waals surface area contributed by atoms with Crippen LogP contribution < -0.4 is 16.8 Å². The first-order chi connectivity index (χ1) is 6.72. The van der Waals surface area contributed by atoms with Gasteiger partial charge in [0.25, 0.3) is 0 Å². The summed E-state index contributed by atoms with van der Waals surface area (Å²) in [6, 6.07) is 0.130. The predicted molar refractivity (Wildman–Crippen MR) is 49.3 cm³/mol. The van der Waals surface area contributed by atoms with Crippen LogP contribution in [0.25, 0.3) is 0 Å². The van der Waals surface area contributed by atoms with Gasteiger partial charge in [-0.2, -0.15) is 0 Å². The van der Waals surface area contributed by atoms with Crippen LogP contribution in [0.15, 0.2) is 4.99 Å². The zero-order valence-corrected chi connectivity index (χ0v) is 7.72. The van der Waals surface area contributed by atoms with E-state index in [2.05, 4.69) is 10.3 Å². The third kappa shape index (κ3) is 1.27. The van der Waals surface area contributed by atoms with Gasteiger partial charge in [-0.15, -0.1) is 0 Å². The summed E-state index contributed by atoms with van der Waals surface area (Å²) in [5, 5.41) is 3.20. The summed E-state index contributed by atoms with van der Waals surface area (Å²) in [5.41, 5.74) is 12.3. The number of fused-ring (bicyclic) bond motifs is 2. The molecule has 2 fully saturated rings. The maximum absolute atomic E-state index is 5.68. The number of rotatable bonds is 0. The molecule has 78 valence electrons. The first-order valence-electron chi connectivity index (χ1n) is 4.87. The quantitative estimate of drug-likeness (QED) is 0.438. The van der Waals surface area contributed by atoms with Crippen LogP contribution in [0, 0.1) is 0 Å². The van der Waals surface area contributed by atoms with Gasteiger partial charge in [0.2, 0.25) is 0 Å². The monoisotopic (exact) mass is 198 g/mol. The van der Waals surface area contributed by atoms with Crippen LogP contribution in [0.1, 0.15) is 12.8 Å². The summed E-state index contributed by atoms with van der Waals surface area (Å²) in [6.45, 7) is 0. The lowest BCUT2D eigenvalue weighted by Crippen LogP contribution is -2.50. The smallest absolute Gasteiger partial charge is 0.151 e. The highest BCUT2D eigenvalue weighted by atomic mass is 16.6. The highest BCUT2D eigenvalue weighted by Crippen LogP contribution is 2.26. The zero-order valence-electron chi connectivity index (χ0n) is 7.72. The standard InChI is InChI=1S/C8H14N4O2/c9-5-1-3-7(13-5)12-8-4(11-3)2-6(10)14-8/h3,5-8,12H,1-2,9-10H2. The first-order valence-corrected chi connectivity index (χ1v) is 4.87. The molecule has 0 saturated carbocycles. The summed E-state index contributed by atoms with van der Waals surface area (Å²) >= 11 is 0. The molecule has 2 saturated heterocycles. The van der Waals surface area contributed by atoms with Crippen LogP contribution in [0.3, 0.4) is 0 Å². The Morgan fingerprint density at radius 3 is 3.00 bits per heavy atom. The summed E-state index contributed by atoms with van der Waals surface area (Å²) in [5.74, 6) is 0. The van der Waals surface area contributed by atoms with Crippen molar-refractivity contribution in [2.24, 2.45) is 16.5 Å². The fourth-order valence-corrected chi connectivity index (χ4v) is 2.20. The number of nitrogens with zero attached hydrogens (tertiary/aromatic N) is 1. The van der Waals surface area contributed by atoms with E-state index < -0.39 is 0 Å². The number of hydrogen-bond donors (Lipinski definition) is 3. The lowest BCUT2D eigenvalue weighted by Gasteiger charge is -2.26. The average Bonchev–Trinajstić information content (AvgIpc) is 2.59. The second kappa shape index (κ2) is 2.98. The third-order valence-corrected chi connectivity index (χ3v) is 2.82. The van der Waals surface area contributed by atoms with E-state index in [1.54, 1.807) is 0 Å². The summed E-state index contributed by atoms with van der Waals surface area (Å²) < 4.78 is 10.9. The Labute approximate surface area is 81.6 Å². The Kier molecular flexibility index (Phi) is 1.86. The van der Waals surface area contributed by atoms with Crippen molar-refractivity contribution in [2.45, 2.75) is 43.8 Å². The number of ether oxygens (including phenoxy) is 2. The molecule has 0 amide bonds. The molecule has 6 nitrogen and oxygen atoms in total.